The molecular formula is C6H10Cl2O2. The quantitative estimate of drug-likeness (QED) is 0.494. The fraction of sp³-hybridized carbons (Fsp3) is 0.833. The lowest BCUT2D eigenvalue weighted by Gasteiger charge is -2.08. The third-order valence-corrected chi connectivity index (χ3v) is 2.05. The van der Waals surface area contributed by atoms with Gasteiger partial charge in [0, 0.05) is 5.38 Å². The van der Waals surface area contributed by atoms with Crippen molar-refractivity contribution in [3.8, 4) is 0 Å². The van der Waals surface area contributed by atoms with Crippen LogP contribution in [0.3, 0.4) is 0 Å². The van der Waals surface area contributed by atoms with Gasteiger partial charge in [-0.25, -0.2) is 0 Å². The molecule has 0 heterocycles. The van der Waals surface area contributed by atoms with Crippen LogP contribution >= 0.6 is 23.2 Å². The molecule has 0 saturated carbocycles. The molecule has 0 spiro atoms. The van der Waals surface area contributed by atoms with Crippen molar-refractivity contribution < 1.29 is 9.53 Å². The third kappa shape index (κ3) is 3.96. The molecule has 0 aromatic rings. The smallest absolute Gasteiger partial charge is 0.307 e. The van der Waals surface area contributed by atoms with Gasteiger partial charge >= 0.3 is 5.97 Å². The van der Waals surface area contributed by atoms with Crippen molar-refractivity contribution in [2.45, 2.75) is 24.1 Å². The highest BCUT2D eigenvalue weighted by molar-refractivity contribution is 6.30. The van der Waals surface area contributed by atoms with Gasteiger partial charge in [-0.15, -0.1) is 23.2 Å². The molecule has 2 nitrogen and oxygen atoms in total. The zero-order valence-corrected chi connectivity index (χ0v) is 7.45. The van der Waals surface area contributed by atoms with Gasteiger partial charge in [0.15, 0.2) is 0 Å². The Labute approximate surface area is 70.4 Å². The third-order valence-electron chi connectivity index (χ3n) is 1.09. The van der Waals surface area contributed by atoms with Crippen LogP contribution in [-0.2, 0) is 9.53 Å². The minimum atomic E-state index is -0.339. The number of hydrogen-bond donors (Lipinski definition) is 0. The molecule has 0 amide bonds. The second-order valence-electron chi connectivity index (χ2n) is 1.97. The first-order valence-corrected chi connectivity index (χ1v) is 3.80. The molecule has 0 fully saturated rings. The number of hydrogen-bond acceptors (Lipinski definition) is 2. The molecule has 0 bridgehead atoms. The number of rotatable bonds is 3. The van der Waals surface area contributed by atoms with Crippen molar-refractivity contribution in [2.24, 2.45) is 0 Å². The molecule has 0 radical (unpaired) electrons. The number of ether oxygens (including phenoxy) is 1. The molecule has 0 aromatic heterocycles. The van der Waals surface area contributed by atoms with Crippen molar-refractivity contribution in [2.75, 3.05) is 7.11 Å². The van der Waals surface area contributed by atoms with Crippen molar-refractivity contribution in [3.05, 3.63) is 0 Å². The molecule has 0 saturated heterocycles. The summed E-state index contributed by atoms with van der Waals surface area (Å²) in [4.78, 5) is 10.6. The lowest BCUT2D eigenvalue weighted by atomic mass is 10.2. The Hall–Kier alpha value is 0.0500. The number of methoxy groups -OCH3 is 1. The van der Waals surface area contributed by atoms with Gasteiger partial charge in [-0.3, -0.25) is 4.79 Å². The number of esters is 1. The average molecular weight is 185 g/mol. The maximum atomic E-state index is 10.6. The Morgan fingerprint density at radius 3 is 2.40 bits per heavy atom. The maximum Gasteiger partial charge on any atom is 0.307 e. The van der Waals surface area contributed by atoms with Crippen LogP contribution in [0.4, 0.5) is 0 Å². The fourth-order valence-corrected chi connectivity index (χ4v) is 0.620. The van der Waals surface area contributed by atoms with Crippen LogP contribution in [0.5, 0.6) is 0 Å². The summed E-state index contributed by atoms with van der Waals surface area (Å²) in [6, 6.07) is 0. The van der Waals surface area contributed by atoms with E-state index in [9.17, 15) is 4.79 Å². The normalized spacial score (nSPS) is 16.0. The average Bonchev–Trinajstić information content (AvgIpc) is 1.87. The van der Waals surface area contributed by atoms with Gasteiger partial charge < -0.3 is 4.74 Å². The highest BCUT2D eigenvalue weighted by atomic mass is 35.5. The van der Waals surface area contributed by atoms with Crippen LogP contribution in [0.2, 0.25) is 0 Å². The van der Waals surface area contributed by atoms with Gasteiger partial charge in [0.1, 0.15) is 0 Å². The van der Waals surface area contributed by atoms with Gasteiger partial charge in [0.2, 0.25) is 0 Å². The zero-order chi connectivity index (χ0) is 8.15. The van der Waals surface area contributed by atoms with Gasteiger partial charge in [0.25, 0.3) is 0 Å². The lowest BCUT2D eigenvalue weighted by Crippen LogP contribution is -2.16. The van der Waals surface area contributed by atoms with Gasteiger partial charge in [-0.2, -0.15) is 0 Å². The largest absolute Gasteiger partial charge is 0.469 e. The summed E-state index contributed by atoms with van der Waals surface area (Å²) in [7, 11) is 1.32. The first-order chi connectivity index (χ1) is 4.57. The molecule has 0 N–H and O–H groups in total. The van der Waals surface area contributed by atoms with E-state index in [4.69, 9.17) is 23.2 Å². The summed E-state index contributed by atoms with van der Waals surface area (Å²) < 4.78 is 4.39. The van der Waals surface area contributed by atoms with E-state index in [1.807, 2.05) is 0 Å². The molecule has 4 heteroatoms. The second-order valence-corrected chi connectivity index (χ2v) is 3.22. The number of alkyl halides is 2. The molecule has 0 aromatic carbocycles. The fourth-order valence-electron chi connectivity index (χ4n) is 0.405. The van der Waals surface area contributed by atoms with Crippen molar-refractivity contribution in [1.29, 1.82) is 0 Å². The Morgan fingerprint density at radius 1 is 1.60 bits per heavy atom. The molecule has 0 unspecified atom stereocenters. The number of carbonyl (C=O) groups is 1. The lowest BCUT2D eigenvalue weighted by molar-refractivity contribution is -0.140. The minimum absolute atomic E-state index is 0.169. The number of carbonyl (C=O) groups excluding carboxylic acids is 1. The minimum Gasteiger partial charge on any atom is -0.469 e. The summed E-state index contributed by atoms with van der Waals surface area (Å²) >= 11 is 11.2. The van der Waals surface area contributed by atoms with Crippen LogP contribution < -0.4 is 0 Å². The SMILES string of the molecule is COC(=O)C[C@H](Cl)[C@@H](C)Cl. The van der Waals surface area contributed by atoms with Crippen molar-refractivity contribution in [3.63, 3.8) is 0 Å². The van der Waals surface area contributed by atoms with Gasteiger partial charge in [-0.1, -0.05) is 0 Å². The van der Waals surface area contributed by atoms with E-state index < -0.39 is 0 Å². The van der Waals surface area contributed by atoms with Crippen LogP contribution in [0, 0.1) is 0 Å². The predicted molar refractivity (Wildman–Crippen MR) is 41.6 cm³/mol. The summed E-state index contributed by atoms with van der Waals surface area (Å²) in [5.41, 5.74) is 0. The van der Waals surface area contributed by atoms with Crippen molar-refractivity contribution in [1.82, 2.24) is 0 Å². The summed E-state index contributed by atoms with van der Waals surface area (Å²) in [6.45, 7) is 1.74. The van der Waals surface area contributed by atoms with E-state index in [1.54, 1.807) is 6.92 Å². The summed E-state index contributed by atoms with van der Waals surface area (Å²) in [6.07, 6.45) is 0.169. The van der Waals surface area contributed by atoms with E-state index in [-0.39, 0.29) is 23.1 Å². The molecule has 0 aliphatic rings. The molecule has 2 atom stereocenters. The Balaban J connectivity index is 3.57. The van der Waals surface area contributed by atoms with Gasteiger partial charge in [-0.05, 0) is 6.92 Å². The van der Waals surface area contributed by atoms with E-state index in [0.29, 0.717) is 0 Å². The van der Waals surface area contributed by atoms with Crippen LogP contribution in [0.1, 0.15) is 13.3 Å². The summed E-state index contributed by atoms with van der Waals surface area (Å²) in [5.74, 6) is -0.326. The van der Waals surface area contributed by atoms with Crippen molar-refractivity contribution >= 4 is 29.2 Å². The maximum absolute atomic E-state index is 10.6. The highest BCUT2D eigenvalue weighted by Gasteiger charge is 2.15. The van der Waals surface area contributed by atoms with Gasteiger partial charge in [0.05, 0.1) is 18.9 Å². The van der Waals surface area contributed by atoms with E-state index in [2.05, 4.69) is 4.74 Å². The monoisotopic (exact) mass is 184 g/mol. The van der Waals surface area contributed by atoms with E-state index in [0.717, 1.165) is 0 Å². The predicted octanol–water partition coefficient (Wildman–Crippen LogP) is 1.78. The number of halogens is 2. The van der Waals surface area contributed by atoms with E-state index >= 15 is 0 Å². The zero-order valence-electron chi connectivity index (χ0n) is 5.93. The molecule has 10 heavy (non-hydrogen) atoms. The standard InChI is InChI=1S/C6H10Cl2O2/c1-4(7)5(8)3-6(9)10-2/h4-5H,3H2,1-2H3/t4-,5+/m1/s1. The summed E-state index contributed by atoms with van der Waals surface area (Å²) in [5, 5.41) is -0.546. The Kier molecular flexibility index (Phi) is 4.83. The molecular weight excluding hydrogens is 175 g/mol. The van der Waals surface area contributed by atoms with Crippen LogP contribution in [-0.4, -0.2) is 23.8 Å². The molecule has 0 rings (SSSR count). The Bertz CT molecular complexity index is 114. The first-order valence-electron chi connectivity index (χ1n) is 2.93. The van der Waals surface area contributed by atoms with Crippen LogP contribution in [0.25, 0.3) is 0 Å². The Morgan fingerprint density at radius 2 is 2.10 bits per heavy atom. The second kappa shape index (κ2) is 4.80. The molecule has 60 valence electrons. The molecule has 0 aliphatic carbocycles. The van der Waals surface area contributed by atoms with Crippen LogP contribution in [0.15, 0.2) is 0 Å². The topological polar surface area (TPSA) is 26.3 Å². The molecule has 0 aliphatic heterocycles. The van der Waals surface area contributed by atoms with E-state index in [1.165, 1.54) is 7.11 Å². The highest BCUT2D eigenvalue weighted by Crippen LogP contribution is 2.13. The first kappa shape index (κ1) is 10.0.